The molecule has 106 valence electrons. The minimum atomic E-state index is 0.151. The summed E-state index contributed by atoms with van der Waals surface area (Å²) < 4.78 is 6.93. The fourth-order valence-corrected chi connectivity index (χ4v) is 2.37. The number of rotatable bonds is 3. The van der Waals surface area contributed by atoms with Gasteiger partial charge in [0.2, 0.25) is 0 Å². The van der Waals surface area contributed by atoms with Gasteiger partial charge in [0.25, 0.3) is 0 Å². The standard InChI is InChI=1S/C17H20BrNO/c1-17(2,3)13-4-7-15(8-5-13)20-16-9-6-14(18)10-12(16)11-19/h4-10H,11,19H2,1-3H3. The molecular formula is C17H20BrNO. The van der Waals surface area contributed by atoms with E-state index >= 15 is 0 Å². The molecule has 3 heteroatoms. The van der Waals surface area contributed by atoms with E-state index in [2.05, 4.69) is 48.8 Å². The van der Waals surface area contributed by atoms with Crippen LogP contribution in [-0.2, 0) is 12.0 Å². The molecular weight excluding hydrogens is 314 g/mol. The van der Waals surface area contributed by atoms with Crippen LogP contribution in [0.25, 0.3) is 0 Å². The molecule has 20 heavy (non-hydrogen) atoms. The number of nitrogens with two attached hydrogens (primary N) is 1. The molecule has 0 saturated heterocycles. The summed E-state index contributed by atoms with van der Waals surface area (Å²) in [6, 6.07) is 14.1. The Kier molecular flexibility index (Phi) is 4.51. The van der Waals surface area contributed by atoms with Gasteiger partial charge in [0.15, 0.2) is 0 Å². The van der Waals surface area contributed by atoms with Gasteiger partial charge in [0.1, 0.15) is 11.5 Å². The number of ether oxygens (including phenoxy) is 1. The van der Waals surface area contributed by atoms with E-state index in [1.165, 1.54) is 5.56 Å². The van der Waals surface area contributed by atoms with E-state index in [0.717, 1.165) is 21.5 Å². The van der Waals surface area contributed by atoms with Gasteiger partial charge in [-0.25, -0.2) is 0 Å². The van der Waals surface area contributed by atoms with Gasteiger partial charge in [-0.05, 0) is 41.3 Å². The number of halogens is 1. The summed E-state index contributed by atoms with van der Waals surface area (Å²) in [6.07, 6.45) is 0. The van der Waals surface area contributed by atoms with Crippen molar-refractivity contribution < 1.29 is 4.74 Å². The molecule has 0 spiro atoms. The zero-order valence-electron chi connectivity index (χ0n) is 12.1. The van der Waals surface area contributed by atoms with Crippen LogP contribution >= 0.6 is 15.9 Å². The fourth-order valence-electron chi connectivity index (χ4n) is 1.96. The SMILES string of the molecule is CC(C)(C)c1ccc(Oc2ccc(Br)cc2CN)cc1. The highest BCUT2D eigenvalue weighted by Crippen LogP contribution is 2.30. The third-order valence-corrected chi connectivity index (χ3v) is 3.68. The number of hydrogen-bond donors (Lipinski definition) is 1. The first-order valence-electron chi connectivity index (χ1n) is 6.67. The van der Waals surface area contributed by atoms with Crippen molar-refractivity contribution in [3.05, 3.63) is 58.1 Å². The van der Waals surface area contributed by atoms with Gasteiger partial charge >= 0.3 is 0 Å². The molecule has 0 aliphatic heterocycles. The molecule has 2 aromatic rings. The topological polar surface area (TPSA) is 35.2 Å². The van der Waals surface area contributed by atoms with Gasteiger partial charge < -0.3 is 10.5 Å². The van der Waals surface area contributed by atoms with Crippen molar-refractivity contribution in [1.29, 1.82) is 0 Å². The van der Waals surface area contributed by atoms with Crippen molar-refractivity contribution in [1.82, 2.24) is 0 Å². The monoisotopic (exact) mass is 333 g/mol. The highest BCUT2D eigenvalue weighted by Gasteiger charge is 2.13. The molecule has 2 nitrogen and oxygen atoms in total. The maximum Gasteiger partial charge on any atom is 0.131 e. The summed E-state index contributed by atoms with van der Waals surface area (Å²) in [4.78, 5) is 0. The summed E-state index contributed by atoms with van der Waals surface area (Å²) in [5.74, 6) is 1.63. The Morgan fingerprint density at radius 1 is 1.05 bits per heavy atom. The van der Waals surface area contributed by atoms with Gasteiger partial charge in [-0.3, -0.25) is 0 Å². The largest absolute Gasteiger partial charge is 0.457 e. The summed E-state index contributed by atoms with van der Waals surface area (Å²) >= 11 is 3.44. The maximum atomic E-state index is 5.92. The van der Waals surface area contributed by atoms with Crippen LogP contribution in [0.5, 0.6) is 11.5 Å². The van der Waals surface area contributed by atoms with E-state index in [-0.39, 0.29) is 5.41 Å². The van der Waals surface area contributed by atoms with Crippen molar-refractivity contribution >= 4 is 15.9 Å². The zero-order valence-corrected chi connectivity index (χ0v) is 13.7. The van der Waals surface area contributed by atoms with Crippen LogP contribution in [0, 0.1) is 0 Å². The van der Waals surface area contributed by atoms with Gasteiger partial charge in [0.05, 0.1) is 0 Å². The molecule has 0 heterocycles. The molecule has 0 fully saturated rings. The fraction of sp³-hybridized carbons (Fsp3) is 0.294. The van der Waals surface area contributed by atoms with E-state index < -0.39 is 0 Å². The van der Waals surface area contributed by atoms with Crippen LogP contribution in [0.4, 0.5) is 0 Å². The third-order valence-electron chi connectivity index (χ3n) is 3.19. The lowest BCUT2D eigenvalue weighted by molar-refractivity contribution is 0.475. The normalized spacial score (nSPS) is 11.4. The van der Waals surface area contributed by atoms with Crippen LogP contribution in [0.3, 0.4) is 0 Å². The lowest BCUT2D eigenvalue weighted by Crippen LogP contribution is -2.10. The molecule has 0 amide bonds. The van der Waals surface area contributed by atoms with E-state index in [1.54, 1.807) is 0 Å². The maximum absolute atomic E-state index is 5.92. The Labute approximate surface area is 129 Å². The summed E-state index contributed by atoms with van der Waals surface area (Å²) in [6.45, 7) is 7.05. The smallest absolute Gasteiger partial charge is 0.131 e. The molecule has 0 unspecified atom stereocenters. The first-order valence-corrected chi connectivity index (χ1v) is 7.46. The predicted molar refractivity (Wildman–Crippen MR) is 87.2 cm³/mol. The lowest BCUT2D eigenvalue weighted by atomic mass is 9.87. The minimum absolute atomic E-state index is 0.151. The Morgan fingerprint density at radius 3 is 2.25 bits per heavy atom. The highest BCUT2D eigenvalue weighted by molar-refractivity contribution is 9.10. The Hall–Kier alpha value is -1.32. The summed E-state index contributed by atoms with van der Waals surface area (Å²) in [5.41, 5.74) is 8.18. The third kappa shape index (κ3) is 3.62. The van der Waals surface area contributed by atoms with E-state index in [9.17, 15) is 0 Å². The molecule has 0 saturated carbocycles. The zero-order chi connectivity index (χ0) is 14.8. The van der Waals surface area contributed by atoms with Crippen molar-refractivity contribution in [3.8, 4) is 11.5 Å². The van der Waals surface area contributed by atoms with E-state index in [4.69, 9.17) is 10.5 Å². The minimum Gasteiger partial charge on any atom is -0.457 e. The second-order valence-corrected chi connectivity index (χ2v) is 6.75. The molecule has 0 radical (unpaired) electrons. The summed E-state index contributed by atoms with van der Waals surface area (Å²) in [5, 5.41) is 0. The first kappa shape index (κ1) is 15.1. The molecule has 0 atom stereocenters. The Balaban J connectivity index is 2.22. The highest BCUT2D eigenvalue weighted by atomic mass is 79.9. The molecule has 2 aromatic carbocycles. The van der Waals surface area contributed by atoms with E-state index in [1.807, 2.05) is 30.3 Å². The van der Waals surface area contributed by atoms with Crippen LogP contribution in [0.15, 0.2) is 46.9 Å². The predicted octanol–water partition coefficient (Wildman–Crippen LogP) is 5.00. The molecule has 2 N–H and O–H groups in total. The van der Waals surface area contributed by atoms with Crippen LogP contribution < -0.4 is 10.5 Å². The molecule has 0 aromatic heterocycles. The van der Waals surface area contributed by atoms with Gasteiger partial charge in [0, 0.05) is 16.6 Å². The molecule has 2 rings (SSSR count). The van der Waals surface area contributed by atoms with Crippen LogP contribution in [0.2, 0.25) is 0 Å². The first-order chi connectivity index (χ1) is 9.40. The second kappa shape index (κ2) is 5.98. The average molecular weight is 334 g/mol. The van der Waals surface area contributed by atoms with Crippen LogP contribution in [0.1, 0.15) is 31.9 Å². The Morgan fingerprint density at radius 2 is 1.70 bits per heavy atom. The van der Waals surface area contributed by atoms with E-state index in [0.29, 0.717) is 6.54 Å². The van der Waals surface area contributed by atoms with Crippen molar-refractivity contribution in [3.63, 3.8) is 0 Å². The quantitative estimate of drug-likeness (QED) is 0.857. The number of benzene rings is 2. The van der Waals surface area contributed by atoms with Crippen LogP contribution in [-0.4, -0.2) is 0 Å². The summed E-state index contributed by atoms with van der Waals surface area (Å²) in [7, 11) is 0. The second-order valence-electron chi connectivity index (χ2n) is 5.83. The molecule has 0 aliphatic rings. The average Bonchev–Trinajstić information content (AvgIpc) is 2.40. The Bertz CT molecular complexity index is 585. The van der Waals surface area contributed by atoms with Crippen molar-refractivity contribution in [2.24, 2.45) is 5.73 Å². The molecule has 0 bridgehead atoms. The lowest BCUT2D eigenvalue weighted by Gasteiger charge is -2.19. The van der Waals surface area contributed by atoms with Gasteiger partial charge in [-0.1, -0.05) is 48.8 Å². The van der Waals surface area contributed by atoms with Crippen molar-refractivity contribution in [2.45, 2.75) is 32.7 Å². The van der Waals surface area contributed by atoms with Gasteiger partial charge in [-0.15, -0.1) is 0 Å². The number of hydrogen-bond acceptors (Lipinski definition) is 2. The molecule has 0 aliphatic carbocycles. The van der Waals surface area contributed by atoms with Crippen molar-refractivity contribution in [2.75, 3.05) is 0 Å². The van der Waals surface area contributed by atoms with Gasteiger partial charge in [-0.2, -0.15) is 0 Å².